The van der Waals surface area contributed by atoms with Crippen LogP contribution in [0.2, 0.25) is 0 Å². The third kappa shape index (κ3) is 5.44. The number of amides is 1. The maximum absolute atomic E-state index is 12.2. The summed E-state index contributed by atoms with van der Waals surface area (Å²) in [7, 11) is 1.60. The molecule has 0 aromatic carbocycles. The SMILES string of the molecule is CN(CC(=O)OC(C)(C)C)C(=O)Cc1csc(-c2ccsc2)n1. The summed E-state index contributed by atoms with van der Waals surface area (Å²) in [5.41, 5.74) is 1.24. The lowest BCUT2D eigenvalue weighted by Crippen LogP contribution is -2.36. The lowest BCUT2D eigenvalue weighted by atomic mass is 10.2. The van der Waals surface area contributed by atoms with Crippen molar-refractivity contribution in [2.45, 2.75) is 32.8 Å². The minimum atomic E-state index is -0.550. The fourth-order valence-corrected chi connectivity index (χ4v) is 3.38. The summed E-state index contributed by atoms with van der Waals surface area (Å²) in [6, 6.07) is 2.00. The first-order chi connectivity index (χ1) is 10.7. The maximum Gasteiger partial charge on any atom is 0.326 e. The summed E-state index contributed by atoms with van der Waals surface area (Å²) in [6.45, 7) is 5.34. The predicted octanol–water partition coefficient (Wildman–Crippen LogP) is 3.21. The van der Waals surface area contributed by atoms with Crippen molar-refractivity contribution in [1.82, 2.24) is 9.88 Å². The average molecular weight is 352 g/mol. The fraction of sp³-hybridized carbons (Fsp3) is 0.438. The van der Waals surface area contributed by atoms with Crippen LogP contribution in [0.3, 0.4) is 0 Å². The number of thiophene rings is 1. The van der Waals surface area contributed by atoms with Gasteiger partial charge in [-0.1, -0.05) is 0 Å². The molecule has 0 saturated heterocycles. The Morgan fingerprint density at radius 1 is 1.30 bits per heavy atom. The molecule has 0 bridgehead atoms. The van der Waals surface area contributed by atoms with Crippen molar-refractivity contribution in [2.75, 3.05) is 13.6 Å². The van der Waals surface area contributed by atoms with Gasteiger partial charge in [0.25, 0.3) is 0 Å². The van der Waals surface area contributed by atoms with Gasteiger partial charge in [-0.15, -0.1) is 11.3 Å². The minimum Gasteiger partial charge on any atom is -0.459 e. The summed E-state index contributed by atoms with van der Waals surface area (Å²) < 4.78 is 5.22. The molecule has 0 aliphatic heterocycles. The number of hydrogen-bond donors (Lipinski definition) is 0. The molecule has 0 N–H and O–H groups in total. The van der Waals surface area contributed by atoms with E-state index in [9.17, 15) is 9.59 Å². The van der Waals surface area contributed by atoms with Gasteiger partial charge in [0.15, 0.2) is 0 Å². The molecular formula is C16H20N2O3S2. The second kappa shape index (κ2) is 7.23. The van der Waals surface area contributed by atoms with Crippen LogP contribution in [0.15, 0.2) is 22.2 Å². The largest absolute Gasteiger partial charge is 0.459 e. The molecule has 7 heteroatoms. The van der Waals surface area contributed by atoms with Gasteiger partial charge in [-0.05, 0) is 32.2 Å². The molecule has 2 heterocycles. The zero-order valence-corrected chi connectivity index (χ0v) is 15.3. The molecule has 2 aromatic rings. The van der Waals surface area contributed by atoms with Crippen LogP contribution < -0.4 is 0 Å². The van der Waals surface area contributed by atoms with Crippen molar-refractivity contribution in [2.24, 2.45) is 0 Å². The monoisotopic (exact) mass is 352 g/mol. The summed E-state index contributed by atoms with van der Waals surface area (Å²) in [4.78, 5) is 29.8. The Morgan fingerprint density at radius 2 is 2.04 bits per heavy atom. The number of likely N-dealkylation sites (N-methyl/N-ethyl adjacent to an activating group) is 1. The third-order valence-electron chi connectivity index (χ3n) is 2.86. The topological polar surface area (TPSA) is 59.5 Å². The van der Waals surface area contributed by atoms with Gasteiger partial charge < -0.3 is 9.64 Å². The number of esters is 1. The molecule has 0 spiro atoms. The van der Waals surface area contributed by atoms with Crippen molar-refractivity contribution < 1.29 is 14.3 Å². The Morgan fingerprint density at radius 3 is 2.65 bits per heavy atom. The molecule has 23 heavy (non-hydrogen) atoms. The molecule has 124 valence electrons. The molecule has 0 saturated carbocycles. The Hall–Kier alpha value is -1.73. The Balaban J connectivity index is 1.90. The minimum absolute atomic E-state index is 0.0579. The van der Waals surface area contributed by atoms with Gasteiger partial charge in [0.05, 0.1) is 12.1 Å². The maximum atomic E-state index is 12.2. The number of thiazole rings is 1. The van der Waals surface area contributed by atoms with E-state index in [1.807, 2.05) is 22.2 Å². The van der Waals surface area contributed by atoms with Gasteiger partial charge >= 0.3 is 5.97 Å². The Bertz CT molecular complexity index is 672. The molecule has 0 aliphatic rings. The van der Waals surface area contributed by atoms with Gasteiger partial charge in [0, 0.05) is 23.4 Å². The van der Waals surface area contributed by atoms with E-state index in [0.717, 1.165) is 16.3 Å². The normalized spacial score (nSPS) is 11.3. The van der Waals surface area contributed by atoms with E-state index in [4.69, 9.17) is 4.74 Å². The Labute approximate surface area is 143 Å². The molecule has 0 fully saturated rings. The second-order valence-electron chi connectivity index (χ2n) is 6.17. The van der Waals surface area contributed by atoms with E-state index in [0.29, 0.717) is 0 Å². The first-order valence-electron chi connectivity index (χ1n) is 7.17. The van der Waals surface area contributed by atoms with Crippen LogP contribution in [0.1, 0.15) is 26.5 Å². The van der Waals surface area contributed by atoms with Crippen LogP contribution in [0.4, 0.5) is 0 Å². The zero-order valence-electron chi connectivity index (χ0n) is 13.7. The number of aromatic nitrogens is 1. The van der Waals surface area contributed by atoms with Gasteiger partial charge in [-0.2, -0.15) is 11.3 Å². The molecule has 2 rings (SSSR count). The Kier molecular flexibility index (Phi) is 5.54. The lowest BCUT2D eigenvalue weighted by Gasteiger charge is -2.22. The van der Waals surface area contributed by atoms with E-state index >= 15 is 0 Å². The third-order valence-corrected chi connectivity index (χ3v) is 4.49. The van der Waals surface area contributed by atoms with Crippen molar-refractivity contribution in [3.8, 4) is 10.6 Å². The van der Waals surface area contributed by atoms with Gasteiger partial charge in [-0.25, -0.2) is 4.98 Å². The average Bonchev–Trinajstić information content (AvgIpc) is 3.05. The first kappa shape index (κ1) is 17.6. The summed E-state index contributed by atoms with van der Waals surface area (Å²) in [5, 5.41) is 6.81. The van der Waals surface area contributed by atoms with Gasteiger partial charge in [0.1, 0.15) is 17.2 Å². The standard InChI is InChI=1S/C16H20N2O3S2/c1-16(2,3)21-14(20)8-18(4)13(19)7-12-10-23-15(17-12)11-5-6-22-9-11/h5-6,9-10H,7-8H2,1-4H3. The summed E-state index contributed by atoms with van der Waals surface area (Å²) in [5.74, 6) is -0.566. The highest BCUT2D eigenvalue weighted by Crippen LogP contribution is 2.25. The molecule has 0 aliphatic carbocycles. The quantitative estimate of drug-likeness (QED) is 0.775. The van der Waals surface area contributed by atoms with Crippen molar-refractivity contribution >= 4 is 34.6 Å². The van der Waals surface area contributed by atoms with Crippen molar-refractivity contribution in [1.29, 1.82) is 0 Å². The number of carbonyl (C=O) groups is 2. The molecule has 0 atom stereocenters. The summed E-state index contributed by atoms with van der Waals surface area (Å²) in [6.07, 6.45) is 0.180. The van der Waals surface area contributed by atoms with Crippen LogP contribution >= 0.6 is 22.7 Å². The second-order valence-corrected chi connectivity index (χ2v) is 7.81. The number of rotatable bonds is 5. The van der Waals surface area contributed by atoms with E-state index in [-0.39, 0.29) is 18.9 Å². The number of hydrogen-bond acceptors (Lipinski definition) is 6. The highest BCUT2D eigenvalue weighted by atomic mass is 32.1. The van der Waals surface area contributed by atoms with Crippen LogP contribution in [-0.4, -0.2) is 41.0 Å². The molecule has 1 amide bonds. The molecule has 0 radical (unpaired) electrons. The van der Waals surface area contributed by atoms with E-state index < -0.39 is 11.6 Å². The fourth-order valence-electron chi connectivity index (χ4n) is 1.85. The lowest BCUT2D eigenvalue weighted by molar-refractivity contribution is -0.158. The van der Waals surface area contributed by atoms with Gasteiger partial charge in [0.2, 0.25) is 5.91 Å². The number of nitrogens with zero attached hydrogens (tertiary/aromatic N) is 2. The first-order valence-corrected chi connectivity index (χ1v) is 8.99. The molecular weight excluding hydrogens is 332 g/mol. The van der Waals surface area contributed by atoms with Crippen molar-refractivity contribution in [3.63, 3.8) is 0 Å². The summed E-state index contributed by atoms with van der Waals surface area (Å²) >= 11 is 3.13. The van der Waals surface area contributed by atoms with Crippen LogP contribution in [0.25, 0.3) is 10.6 Å². The zero-order chi connectivity index (χ0) is 17.0. The van der Waals surface area contributed by atoms with E-state index in [1.54, 1.807) is 39.2 Å². The molecule has 2 aromatic heterocycles. The van der Waals surface area contributed by atoms with E-state index in [1.165, 1.54) is 16.2 Å². The highest BCUT2D eigenvalue weighted by Gasteiger charge is 2.20. The van der Waals surface area contributed by atoms with Crippen LogP contribution in [-0.2, 0) is 20.7 Å². The molecule has 5 nitrogen and oxygen atoms in total. The number of carbonyl (C=O) groups excluding carboxylic acids is 2. The predicted molar refractivity (Wildman–Crippen MR) is 92.6 cm³/mol. The smallest absolute Gasteiger partial charge is 0.326 e. The molecule has 0 unspecified atom stereocenters. The van der Waals surface area contributed by atoms with Crippen LogP contribution in [0, 0.1) is 0 Å². The van der Waals surface area contributed by atoms with Crippen LogP contribution in [0.5, 0.6) is 0 Å². The van der Waals surface area contributed by atoms with Crippen molar-refractivity contribution in [3.05, 3.63) is 27.9 Å². The number of ether oxygens (including phenoxy) is 1. The van der Waals surface area contributed by atoms with Gasteiger partial charge in [-0.3, -0.25) is 9.59 Å². The van der Waals surface area contributed by atoms with E-state index in [2.05, 4.69) is 4.98 Å². The highest BCUT2D eigenvalue weighted by molar-refractivity contribution is 7.14.